The molecule has 1 N–H and O–H groups in total. The molecule has 0 aliphatic carbocycles. The zero-order valence-electron chi connectivity index (χ0n) is 17.8. The number of aromatic nitrogens is 2. The molecule has 7 nitrogen and oxygen atoms in total. The van der Waals surface area contributed by atoms with Crippen molar-refractivity contribution < 1.29 is 19.4 Å². The number of benzene rings is 2. The van der Waals surface area contributed by atoms with Crippen molar-refractivity contribution in [3.05, 3.63) is 54.1 Å². The minimum atomic E-state index is -1.03. The number of hydrogen-bond acceptors (Lipinski definition) is 5. The van der Waals surface area contributed by atoms with Crippen LogP contribution in [0, 0.1) is 5.92 Å². The van der Waals surface area contributed by atoms with Crippen molar-refractivity contribution in [3.8, 4) is 5.75 Å². The molecule has 0 spiro atoms. The molecule has 7 heteroatoms. The van der Waals surface area contributed by atoms with Gasteiger partial charge in [-0.25, -0.2) is 4.98 Å². The third kappa shape index (κ3) is 3.76. The van der Waals surface area contributed by atoms with Gasteiger partial charge in [0, 0.05) is 6.54 Å². The molecule has 162 valence electrons. The number of nitrogens with zero attached hydrogens (tertiary/aromatic N) is 3. The molecule has 0 unspecified atom stereocenters. The highest BCUT2D eigenvalue weighted by molar-refractivity contribution is 6.08. The van der Waals surface area contributed by atoms with Crippen LogP contribution < -0.4 is 4.90 Å². The van der Waals surface area contributed by atoms with Crippen LogP contribution in [0.15, 0.2) is 48.5 Å². The second-order valence-corrected chi connectivity index (χ2v) is 7.73. The fourth-order valence-electron chi connectivity index (χ4n) is 4.25. The van der Waals surface area contributed by atoms with E-state index in [1.165, 1.54) is 0 Å². The van der Waals surface area contributed by atoms with Crippen LogP contribution in [0.5, 0.6) is 5.75 Å². The zero-order chi connectivity index (χ0) is 22.0. The van der Waals surface area contributed by atoms with Gasteiger partial charge in [0.1, 0.15) is 5.75 Å². The molecular formula is C24H27N3O4. The number of ether oxygens (including phenoxy) is 1. The summed E-state index contributed by atoms with van der Waals surface area (Å²) in [6.45, 7) is 4.53. The van der Waals surface area contributed by atoms with E-state index in [9.17, 15) is 14.7 Å². The standard InChI is InChI=1S/C24H27N3O4/c1-3-5-8-15-26-22(29)20(23(30)31-4-2)21(16-11-13-17(28)14-12-16)27-19-10-7-6-9-18(19)25-24(26)27/h6-7,9-14,20-21,28H,3-5,8,15H2,1-2H3/t20-,21+/m0/s1. The summed E-state index contributed by atoms with van der Waals surface area (Å²) in [6.07, 6.45) is 2.83. The topological polar surface area (TPSA) is 84.7 Å². The van der Waals surface area contributed by atoms with Crippen molar-refractivity contribution in [2.24, 2.45) is 5.92 Å². The molecule has 0 bridgehead atoms. The Bertz CT molecular complexity index is 1090. The van der Waals surface area contributed by atoms with Gasteiger partial charge in [-0.3, -0.25) is 14.5 Å². The molecule has 2 aromatic carbocycles. The normalized spacial score (nSPS) is 18.3. The van der Waals surface area contributed by atoms with E-state index in [4.69, 9.17) is 9.72 Å². The lowest BCUT2D eigenvalue weighted by molar-refractivity contribution is -0.153. The van der Waals surface area contributed by atoms with Crippen molar-refractivity contribution in [3.63, 3.8) is 0 Å². The third-order valence-electron chi connectivity index (χ3n) is 5.71. The Labute approximate surface area is 181 Å². The van der Waals surface area contributed by atoms with E-state index in [0.29, 0.717) is 12.5 Å². The minimum absolute atomic E-state index is 0.121. The molecule has 0 fully saturated rings. The number of unbranched alkanes of at least 4 members (excludes halogenated alkanes) is 2. The maximum Gasteiger partial charge on any atom is 0.321 e. The number of aromatic hydroxyl groups is 1. The summed E-state index contributed by atoms with van der Waals surface area (Å²) < 4.78 is 7.30. The first-order chi connectivity index (χ1) is 15.1. The van der Waals surface area contributed by atoms with Crippen molar-refractivity contribution in [2.45, 2.75) is 39.2 Å². The van der Waals surface area contributed by atoms with E-state index in [1.54, 1.807) is 36.1 Å². The summed E-state index contributed by atoms with van der Waals surface area (Å²) in [5.74, 6) is -1.21. The lowest BCUT2D eigenvalue weighted by Gasteiger charge is -2.38. The molecule has 4 rings (SSSR count). The second-order valence-electron chi connectivity index (χ2n) is 7.73. The second kappa shape index (κ2) is 8.79. The van der Waals surface area contributed by atoms with Crippen LogP contribution in [0.1, 0.15) is 44.7 Å². The number of phenolic OH excluding ortho intramolecular Hbond substituents is 1. The predicted octanol–water partition coefficient (Wildman–Crippen LogP) is 4.05. The number of phenols is 1. The summed E-state index contributed by atoms with van der Waals surface area (Å²) in [5, 5.41) is 9.77. The average molecular weight is 421 g/mol. The van der Waals surface area contributed by atoms with Crippen LogP contribution >= 0.6 is 0 Å². The molecule has 1 amide bonds. The van der Waals surface area contributed by atoms with Gasteiger partial charge in [-0.2, -0.15) is 0 Å². The van der Waals surface area contributed by atoms with Crippen molar-refractivity contribution in [1.82, 2.24) is 9.55 Å². The van der Waals surface area contributed by atoms with E-state index in [2.05, 4.69) is 6.92 Å². The SMILES string of the molecule is CCCCCN1C(=O)[C@@H](C(=O)OCC)[C@@H](c2ccc(O)cc2)n2c1nc1ccccc12. The fraction of sp³-hybridized carbons (Fsp3) is 0.375. The van der Waals surface area contributed by atoms with Crippen LogP contribution in [-0.4, -0.2) is 39.7 Å². The van der Waals surface area contributed by atoms with E-state index in [-0.39, 0.29) is 18.3 Å². The van der Waals surface area contributed by atoms with Gasteiger partial charge in [-0.1, -0.05) is 44.0 Å². The van der Waals surface area contributed by atoms with Crippen LogP contribution in [0.25, 0.3) is 11.0 Å². The summed E-state index contributed by atoms with van der Waals surface area (Å²) in [7, 11) is 0. The monoisotopic (exact) mass is 421 g/mol. The highest BCUT2D eigenvalue weighted by Gasteiger charge is 2.47. The Morgan fingerprint density at radius 3 is 2.55 bits per heavy atom. The highest BCUT2D eigenvalue weighted by atomic mass is 16.5. The fourth-order valence-corrected chi connectivity index (χ4v) is 4.25. The van der Waals surface area contributed by atoms with E-state index in [0.717, 1.165) is 35.9 Å². The van der Waals surface area contributed by atoms with Gasteiger partial charge in [0.15, 0.2) is 5.92 Å². The number of carbonyl (C=O) groups excluding carboxylic acids is 2. The van der Waals surface area contributed by atoms with Gasteiger partial charge in [-0.15, -0.1) is 0 Å². The molecule has 0 radical (unpaired) electrons. The first kappa shape index (κ1) is 20.9. The lowest BCUT2D eigenvalue weighted by Crippen LogP contribution is -2.50. The number of esters is 1. The summed E-state index contributed by atoms with van der Waals surface area (Å²) in [5.41, 5.74) is 2.35. The van der Waals surface area contributed by atoms with Crippen molar-refractivity contribution in [1.29, 1.82) is 0 Å². The molecular weight excluding hydrogens is 394 g/mol. The maximum atomic E-state index is 13.6. The molecule has 1 aliphatic rings. The van der Waals surface area contributed by atoms with Crippen molar-refractivity contribution in [2.75, 3.05) is 18.1 Å². The Morgan fingerprint density at radius 2 is 1.84 bits per heavy atom. The molecule has 1 aromatic heterocycles. The largest absolute Gasteiger partial charge is 0.508 e. The Balaban J connectivity index is 1.93. The van der Waals surface area contributed by atoms with Crippen LogP contribution in [0.2, 0.25) is 0 Å². The number of rotatable bonds is 7. The molecule has 0 saturated heterocycles. The summed E-state index contributed by atoms with van der Waals surface area (Å²) >= 11 is 0. The molecule has 2 atom stereocenters. The number of fused-ring (bicyclic) bond motifs is 3. The van der Waals surface area contributed by atoms with Gasteiger partial charge < -0.3 is 14.4 Å². The first-order valence-electron chi connectivity index (χ1n) is 10.8. The third-order valence-corrected chi connectivity index (χ3v) is 5.71. The number of para-hydroxylation sites is 2. The molecule has 2 heterocycles. The van der Waals surface area contributed by atoms with Crippen LogP contribution in [0.3, 0.4) is 0 Å². The average Bonchev–Trinajstić information content (AvgIpc) is 3.15. The Kier molecular flexibility index (Phi) is 5.93. The quantitative estimate of drug-likeness (QED) is 0.353. The van der Waals surface area contributed by atoms with Crippen LogP contribution in [-0.2, 0) is 14.3 Å². The molecule has 0 saturated carbocycles. The number of carbonyl (C=O) groups is 2. The zero-order valence-corrected chi connectivity index (χ0v) is 17.8. The Morgan fingerprint density at radius 1 is 1.10 bits per heavy atom. The van der Waals surface area contributed by atoms with Gasteiger partial charge in [0.05, 0.1) is 23.7 Å². The number of anilines is 1. The highest BCUT2D eigenvalue weighted by Crippen LogP contribution is 2.41. The van der Waals surface area contributed by atoms with E-state index >= 15 is 0 Å². The van der Waals surface area contributed by atoms with Crippen LogP contribution in [0.4, 0.5) is 5.95 Å². The predicted molar refractivity (Wildman–Crippen MR) is 118 cm³/mol. The van der Waals surface area contributed by atoms with E-state index in [1.807, 2.05) is 28.8 Å². The number of amides is 1. The van der Waals surface area contributed by atoms with E-state index < -0.39 is 17.9 Å². The smallest absolute Gasteiger partial charge is 0.321 e. The van der Waals surface area contributed by atoms with Gasteiger partial charge in [0.2, 0.25) is 11.9 Å². The summed E-state index contributed by atoms with van der Waals surface area (Å²) in [4.78, 5) is 33.1. The number of imidazole rings is 1. The van der Waals surface area contributed by atoms with Gasteiger partial charge in [-0.05, 0) is 43.2 Å². The maximum absolute atomic E-state index is 13.6. The summed E-state index contributed by atoms with van der Waals surface area (Å²) in [6, 6.07) is 13.7. The Hall–Kier alpha value is -3.35. The van der Waals surface area contributed by atoms with Gasteiger partial charge in [0.25, 0.3) is 0 Å². The minimum Gasteiger partial charge on any atom is -0.508 e. The molecule has 31 heavy (non-hydrogen) atoms. The number of hydrogen-bond donors (Lipinski definition) is 1. The molecule has 3 aromatic rings. The van der Waals surface area contributed by atoms with Crippen molar-refractivity contribution >= 4 is 28.9 Å². The lowest BCUT2D eigenvalue weighted by atomic mass is 9.89. The van der Waals surface area contributed by atoms with Gasteiger partial charge >= 0.3 is 5.97 Å². The molecule has 1 aliphatic heterocycles. The first-order valence-corrected chi connectivity index (χ1v) is 10.8.